The lowest BCUT2D eigenvalue weighted by Gasteiger charge is -2.14. The van der Waals surface area contributed by atoms with Gasteiger partial charge in [0, 0.05) is 6.61 Å². The summed E-state index contributed by atoms with van der Waals surface area (Å²) in [5.41, 5.74) is 0.900. The second-order valence-electron chi connectivity index (χ2n) is 4.87. The van der Waals surface area contributed by atoms with Crippen LogP contribution in [0.25, 0.3) is 0 Å². The van der Waals surface area contributed by atoms with Crippen LogP contribution in [0, 0.1) is 0 Å². The standard InChI is InChI=1S/C15H20O3/c16-15(17)14(12-6-2-1-3-7-12)10-4-8-13-9-5-11-18-13/h1-3,6-7,13-14H,4-5,8-11H2,(H,16,17). The second-order valence-corrected chi connectivity index (χ2v) is 4.87. The third-order valence-electron chi connectivity index (χ3n) is 3.54. The smallest absolute Gasteiger partial charge is 0.310 e. The molecular formula is C15H20O3. The quantitative estimate of drug-likeness (QED) is 0.841. The maximum absolute atomic E-state index is 11.3. The van der Waals surface area contributed by atoms with Gasteiger partial charge >= 0.3 is 5.97 Å². The number of rotatable bonds is 6. The number of benzene rings is 1. The zero-order chi connectivity index (χ0) is 12.8. The SMILES string of the molecule is O=C(O)C(CCCC1CCCO1)c1ccccc1. The van der Waals surface area contributed by atoms with Gasteiger partial charge in [0.25, 0.3) is 0 Å². The molecule has 2 atom stereocenters. The lowest BCUT2D eigenvalue weighted by molar-refractivity contribution is -0.139. The van der Waals surface area contributed by atoms with Crippen molar-refractivity contribution in [1.29, 1.82) is 0 Å². The summed E-state index contributed by atoms with van der Waals surface area (Å²) >= 11 is 0. The maximum Gasteiger partial charge on any atom is 0.310 e. The Morgan fingerprint density at radius 1 is 1.39 bits per heavy atom. The first-order chi connectivity index (χ1) is 8.77. The van der Waals surface area contributed by atoms with Crippen LogP contribution < -0.4 is 0 Å². The molecule has 1 aliphatic heterocycles. The van der Waals surface area contributed by atoms with Gasteiger partial charge in [-0.05, 0) is 37.7 Å². The van der Waals surface area contributed by atoms with Crippen LogP contribution in [-0.2, 0) is 9.53 Å². The molecule has 0 saturated carbocycles. The first kappa shape index (κ1) is 13.1. The van der Waals surface area contributed by atoms with E-state index in [2.05, 4.69) is 0 Å². The van der Waals surface area contributed by atoms with Crippen LogP contribution >= 0.6 is 0 Å². The van der Waals surface area contributed by atoms with Gasteiger partial charge < -0.3 is 9.84 Å². The van der Waals surface area contributed by atoms with Gasteiger partial charge in [0.05, 0.1) is 12.0 Å². The Morgan fingerprint density at radius 2 is 2.17 bits per heavy atom. The molecule has 0 bridgehead atoms. The average Bonchev–Trinajstić information content (AvgIpc) is 2.88. The monoisotopic (exact) mass is 248 g/mol. The fraction of sp³-hybridized carbons (Fsp3) is 0.533. The summed E-state index contributed by atoms with van der Waals surface area (Å²) in [5.74, 6) is -1.11. The molecule has 1 fully saturated rings. The number of ether oxygens (including phenoxy) is 1. The first-order valence-corrected chi connectivity index (χ1v) is 6.66. The second kappa shape index (κ2) is 6.55. The highest BCUT2D eigenvalue weighted by Gasteiger charge is 2.21. The highest BCUT2D eigenvalue weighted by molar-refractivity contribution is 5.75. The van der Waals surface area contributed by atoms with E-state index >= 15 is 0 Å². The molecular weight excluding hydrogens is 228 g/mol. The van der Waals surface area contributed by atoms with Crippen molar-refractivity contribution < 1.29 is 14.6 Å². The van der Waals surface area contributed by atoms with Crippen LogP contribution in [0.3, 0.4) is 0 Å². The average molecular weight is 248 g/mol. The van der Waals surface area contributed by atoms with Gasteiger partial charge in [0.2, 0.25) is 0 Å². The Hall–Kier alpha value is -1.35. The van der Waals surface area contributed by atoms with E-state index < -0.39 is 5.97 Å². The van der Waals surface area contributed by atoms with Crippen LogP contribution in [0.5, 0.6) is 0 Å². The van der Waals surface area contributed by atoms with Crippen molar-refractivity contribution in [2.75, 3.05) is 6.61 Å². The molecule has 1 aromatic carbocycles. The molecule has 18 heavy (non-hydrogen) atoms. The topological polar surface area (TPSA) is 46.5 Å². The van der Waals surface area contributed by atoms with Crippen molar-refractivity contribution in [3.05, 3.63) is 35.9 Å². The molecule has 0 spiro atoms. The van der Waals surface area contributed by atoms with Crippen molar-refractivity contribution in [3.8, 4) is 0 Å². The predicted molar refractivity (Wildman–Crippen MR) is 69.6 cm³/mol. The van der Waals surface area contributed by atoms with Crippen LogP contribution in [0.4, 0.5) is 0 Å². The molecule has 1 aromatic rings. The van der Waals surface area contributed by atoms with E-state index in [1.807, 2.05) is 30.3 Å². The zero-order valence-electron chi connectivity index (χ0n) is 10.5. The Kier molecular flexibility index (Phi) is 4.76. The van der Waals surface area contributed by atoms with Gasteiger partial charge in [-0.1, -0.05) is 30.3 Å². The Bertz CT molecular complexity index is 369. The van der Waals surface area contributed by atoms with E-state index in [0.29, 0.717) is 12.5 Å². The molecule has 1 N–H and O–H groups in total. The molecule has 1 heterocycles. The van der Waals surface area contributed by atoms with Crippen molar-refractivity contribution in [2.45, 2.75) is 44.1 Å². The number of hydrogen-bond donors (Lipinski definition) is 1. The molecule has 0 radical (unpaired) electrons. The Balaban J connectivity index is 1.85. The van der Waals surface area contributed by atoms with Gasteiger partial charge in [0.1, 0.15) is 0 Å². The lowest BCUT2D eigenvalue weighted by Crippen LogP contribution is -2.13. The minimum atomic E-state index is -0.728. The van der Waals surface area contributed by atoms with Gasteiger partial charge in [-0.15, -0.1) is 0 Å². The molecule has 0 aromatic heterocycles. The molecule has 3 nitrogen and oxygen atoms in total. The van der Waals surface area contributed by atoms with E-state index in [1.165, 1.54) is 0 Å². The highest BCUT2D eigenvalue weighted by atomic mass is 16.5. The van der Waals surface area contributed by atoms with Gasteiger partial charge in [-0.3, -0.25) is 4.79 Å². The third kappa shape index (κ3) is 3.57. The number of aliphatic carboxylic acids is 1. The predicted octanol–water partition coefficient (Wildman–Crippen LogP) is 3.20. The summed E-state index contributed by atoms with van der Waals surface area (Å²) in [5, 5.41) is 9.29. The number of hydrogen-bond acceptors (Lipinski definition) is 2. The van der Waals surface area contributed by atoms with Crippen LogP contribution in [0.1, 0.15) is 43.6 Å². The van der Waals surface area contributed by atoms with Gasteiger partial charge in [-0.2, -0.15) is 0 Å². The lowest BCUT2D eigenvalue weighted by atomic mass is 9.93. The summed E-state index contributed by atoms with van der Waals surface area (Å²) in [6, 6.07) is 9.49. The summed E-state index contributed by atoms with van der Waals surface area (Å²) in [6.45, 7) is 0.867. The summed E-state index contributed by atoms with van der Waals surface area (Å²) in [6.07, 6.45) is 5.22. The van der Waals surface area contributed by atoms with Crippen molar-refractivity contribution in [2.24, 2.45) is 0 Å². The Labute approximate surface area is 108 Å². The van der Waals surface area contributed by atoms with E-state index in [0.717, 1.165) is 37.9 Å². The van der Waals surface area contributed by atoms with E-state index in [4.69, 9.17) is 4.74 Å². The van der Waals surface area contributed by atoms with E-state index in [-0.39, 0.29) is 5.92 Å². The minimum absolute atomic E-state index is 0.357. The molecule has 1 saturated heterocycles. The van der Waals surface area contributed by atoms with Crippen molar-refractivity contribution in [3.63, 3.8) is 0 Å². The third-order valence-corrected chi connectivity index (χ3v) is 3.54. The molecule has 0 amide bonds. The number of carboxylic acids is 1. The Morgan fingerprint density at radius 3 is 2.78 bits per heavy atom. The van der Waals surface area contributed by atoms with Crippen LogP contribution in [-0.4, -0.2) is 23.8 Å². The fourth-order valence-electron chi connectivity index (χ4n) is 2.54. The molecule has 3 heteroatoms. The minimum Gasteiger partial charge on any atom is -0.481 e. The van der Waals surface area contributed by atoms with E-state index in [9.17, 15) is 9.90 Å². The normalized spacial score (nSPS) is 20.8. The first-order valence-electron chi connectivity index (χ1n) is 6.66. The van der Waals surface area contributed by atoms with Crippen molar-refractivity contribution >= 4 is 5.97 Å². The largest absolute Gasteiger partial charge is 0.481 e. The number of carboxylic acid groups (broad SMARTS) is 1. The van der Waals surface area contributed by atoms with Crippen molar-refractivity contribution in [1.82, 2.24) is 0 Å². The van der Waals surface area contributed by atoms with Crippen LogP contribution in [0.2, 0.25) is 0 Å². The van der Waals surface area contributed by atoms with Gasteiger partial charge in [-0.25, -0.2) is 0 Å². The van der Waals surface area contributed by atoms with Crippen LogP contribution in [0.15, 0.2) is 30.3 Å². The molecule has 1 aliphatic rings. The van der Waals surface area contributed by atoms with Gasteiger partial charge in [0.15, 0.2) is 0 Å². The number of carbonyl (C=O) groups is 1. The maximum atomic E-state index is 11.3. The molecule has 0 aliphatic carbocycles. The van der Waals surface area contributed by atoms with E-state index in [1.54, 1.807) is 0 Å². The molecule has 98 valence electrons. The summed E-state index contributed by atoms with van der Waals surface area (Å²) in [7, 11) is 0. The summed E-state index contributed by atoms with van der Waals surface area (Å²) < 4.78 is 5.55. The highest BCUT2D eigenvalue weighted by Crippen LogP contribution is 2.25. The molecule has 2 unspecified atom stereocenters. The fourth-order valence-corrected chi connectivity index (χ4v) is 2.54. The summed E-state index contributed by atoms with van der Waals surface area (Å²) in [4.78, 5) is 11.3. The molecule has 2 rings (SSSR count). The zero-order valence-corrected chi connectivity index (χ0v) is 10.5.